The molecule has 0 aromatic carbocycles. The van der Waals surface area contributed by atoms with Crippen molar-refractivity contribution in [2.75, 3.05) is 14.2 Å². The zero-order valence-corrected chi connectivity index (χ0v) is 11.5. The van der Waals surface area contributed by atoms with Crippen molar-refractivity contribution in [2.45, 2.75) is 19.8 Å². The minimum absolute atomic E-state index is 0.244. The Labute approximate surface area is 112 Å². The molecule has 0 bridgehead atoms. The SMILES string of the molecule is C=C(c1ccncn1)N(C)/N=C(\C)CCC(=O)OC. The molecule has 0 saturated carbocycles. The summed E-state index contributed by atoms with van der Waals surface area (Å²) in [6.07, 6.45) is 3.98. The van der Waals surface area contributed by atoms with Crippen LogP contribution in [0.4, 0.5) is 0 Å². The molecule has 0 aliphatic carbocycles. The summed E-state index contributed by atoms with van der Waals surface area (Å²) in [4.78, 5) is 19.0. The van der Waals surface area contributed by atoms with E-state index in [1.165, 1.54) is 13.4 Å². The van der Waals surface area contributed by atoms with Crippen LogP contribution in [0.5, 0.6) is 0 Å². The second-order valence-corrected chi connectivity index (χ2v) is 3.98. The monoisotopic (exact) mass is 262 g/mol. The minimum atomic E-state index is -0.244. The lowest BCUT2D eigenvalue weighted by atomic mass is 10.2. The molecule has 1 aromatic heterocycles. The van der Waals surface area contributed by atoms with Crippen LogP contribution in [0.25, 0.3) is 5.70 Å². The molecule has 6 nitrogen and oxygen atoms in total. The number of rotatable bonds is 6. The molecule has 19 heavy (non-hydrogen) atoms. The molecule has 0 aliphatic rings. The normalized spacial score (nSPS) is 11.0. The number of carbonyl (C=O) groups is 1. The van der Waals surface area contributed by atoms with Crippen LogP contribution in [0.15, 0.2) is 30.3 Å². The van der Waals surface area contributed by atoms with Gasteiger partial charge in [-0.1, -0.05) is 6.58 Å². The standard InChI is InChI=1S/C13H18N4O2/c1-10(5-6-13(18)19-4)16-17(3)11(2)12-7-8-14-9-15-12/h7-9H,2,5-6H2,1,3-4H3/b16-10+. The van der Waals surface area contributed by atoms with E-state index < -0.39 is 0 Å². The lowest BCUT2D eigenvalue weighted by molar-refractivity contribution is -0.140. The van der Waals surface area contributed by atoms with E-state index in [1.54, 1.807) is 24.3 Å². The summed E-state index contributed by atoms with van der Waals surface area (Å²) in [5, 5.41) is 5.98. The van der Waals surface area contributed by atoms with Crippen molar-refractivity contribution in [3.05, 3.63) is 30.9 Å². The number of hydrazone groups is 1. The van der Waals surface area contributed by atoms with Gasteiger partial charge in [-0.25, -0.2) is 9.97 Å². The Bertz CT molecular complexity index is 471. The van der Waals surface area contributed by atoms with Crippen LogP contribution in [0.3, 0.4) is 0 Å². The number of carbonyl (C=O) groups excluding carboxylic acids is 1. The zero-order valence-electron chi connectivity index (χ0n) is 11.5. The molecule has 6 heteroatoms. The Morgan fingerprint density at radius 1 is 1.53 bits per heavy atom. The van der Waals surface area contributed by atoms with E-state index in [1.807, 2.05) is 6.92 Å². The molecule has 1 aromatic rings. The number of hydrogen-bond acceptors (Lipinski definition) is 6. The lowest BCUT2D eigenvalue weighted by Crippen LogP contribution is -2.13. The van der Waals surface area contributed by atoms with Crippen LogP contribution in [0.2, 0.25) is 0 Å². The van der Waals surface area contributed by atoms with Crippen molar-refractivity contribution >= 4 is 17.4 Å². The lowest BCUT2D eigenvalue weighted by Gasteiger charge is -2.16. The molecule has 0 fully saturated rings. The third kappa shape index (κ3) is 4.87. The number of methoxy groups -OCH3 is 1. The fraction of sp³-hybridized carbons (Fsp3) is 0.385. The van der Waals surface area contributed by atoms with Gasteiger partial charge in [-0.15, -0.1) is 0 Å². The van der Waals surface area contributed by atoms with Gasteiger partial charge < -0.3 is 4.74 Å². The van der Waals surface area contributed by atoms with Gasteiger partial charge in [-0.05, 0) is 19.4 Å². The molecule has 0 aliphatic heterocycles. The quantitative estimate of drug-likeness (QED) is 0.443. The first-order valence-corrected chi connectivity index (χ1v) is 5.84. The summed E-state index contributed by atoms with van der Waals surface area (Å²) in [5.74, 6) is -0.244. The average molecular weight is 262 g/mol. The van der Waals surface area contributed by atoms with Crippen LogP contribution in [0, 0.1) is 0 Å². The van der Waals surface area contributed by atoms with Crippen molar-refractivity contribution in [1.82, 2.24) is 15.0 Å². The van der Waals surface area contributed by atoms with Gasteiger partial charge in [-0.2, -0.15) is 5.10 Å². The van der Waals surface area contributed by atoms with Crippen molar-refractivity contribution in [1.29, 1.82) is 0 Å². The van der Waals surface area contributed by atoms with E-state index in [2.05, 4.69) is 26.4 Å². The molecule has 0 spiro atoms. The Morgan fingerprint density at radius 3 is 2.84 bits per heavy atom. The Hall–Kier alpha value is -2.24. The van der Waals surface area contributed by atoms with Gasteiger partial charge in [0.2, 0.25) is 0 Å². The highest BCUT2D eigenvalue weighted by Crippen LogP contribution is 2.12. The van der Waals surface area contributed by atoms with Crippen LogP contribution >= 0.6 is 0 Å². The molecule has 1 heterocycles. The molecule has 0 saturated heterocycles. The van der Waals surface area contributed by atoms with E-state index in [0.717, 1.165) is 5.71 Å². The number of esters is 1. The molecular formula is C13H18N4O2. The summed E-state index contributed by atoms with van der Waals surface area (Å²) in [6, 6.07) is 1.76. The number of aromatic nitrogens is 2. The maximum Gasteiger partial charge on any atom is 0.305 e. The van der Waals surface area contributed by atoms with E-state index in [9.17, 15) is 4.79 Å². The maximum absolute atomic E-state index is 11.0. The van der Waals surface area contributed by atoms with E-state index in [4.69, 9.17) is 0 Å². The zero-order chi connectivity index (χ0) is 14.3. The van der Waals surface area contributed by atoms with Crippen molar-refractivity contribution in [3.8, 4) is 0 Å². The third-order valence-electron chi connectivity index (χ3n) is 2.51. The van der Waals surface area contributed by atoms with Gasteiger partial charge >= 0.3 is 5.97 Å². The predicted octanol–water partition coefficient (Wildman–Crippen LogP) is 1.71. The van der Waals surface area contributed by atoms with Crippen LogP contribution < -0.4 is 0 Å². The third-order valence-corrected chi connectivity index (χ3v) is 2.51. The fourth-order valence-electron chi connectivity index (χ4n) is 1.38. The van der Waals surface area contributed by atoms with Gasteiger partial charge in [0.25, 0.3) is 0 Å². The summed E-state index contributed by atoms with van der Waals surface area (Å²) < 4.78 is 4.58. The summed E-state index contributed by atoms with van der Waals surface area (Å²) in [5.41, 5.74) is 2.20. The Kier molecular flexibility index (Phi) is 5.66. The first-order valence-electron chi connectivity index (χ1n) is 5.84. The van der Waals surface area contributed by atoms with E-state index in [-0.39, 0.29) is 5.97 Å². The summed E-state index contributed by atoms with van der Waals surface area (Å²) >= 11 is 0. The van der Waals surface area contributed by atoms with E-state index in [0.29, 0.717) is 24.2 Å². The Morgan fingerprint density at radius 2 is 2.26 bits per heavy atom. The molecule has 1 rings (SSSR count). The van der Waals surface area contributed by atoms with Crippen molar-refractivity contribution in [2.24, 2.45) is 5.10 Å². The first-order chi connectivity index (χ1) is 9.04. The second-order valence-electron chi connectivity index (χ2n) is 3.98. The van der Waals surface area contributed by atoms with Crippen LogP contribution in [-0.4, -0.2) is 40.8 Å². The maximum atomic E-state index is 11.0. The molecular weight excluding hydrogens is 244 g/mol. The smallest absolute Gasteiger partial charge is 0.305 e. The van der Waals surface area contributed by atoms with Crippen molar-refractivity contribution < 1.29 is 9.53 Å². The highest BCUT2D eigenvalue weighted by atomic mass is 16.5. The molecule has 0 atom stereocenters. The molecule has 0 radical (unpaired) electrons. The highest BCUT2D eigenvalue weighted by molar-refractivity contribution is 5.85. The average Bonchev–Trinajstić information content (AvgIpc) is 2.44. The molecule has 0 N–H and O–H groups in total. The van der Waals surface area contributed by atoms with E-state index >= 15 is 0 Å². The minimum Gasteiger partial charge on any atom is -0.469 e. The number of hydrogen-bond donors (Lipinski definition) is 0. The first kappa shape index (κ1) is 14.8. The second kappa shape index (κ2) is 7.25. The van der Waals surface area contributed by atoms with Gasteiger partial charge in [-0.3, -0.25) is 9.80 Å². The summed E-state index contributed by atoms with van der Waals surface area (Å²) in [6.45, 7) is 5.78. The Balaban J connectivity index is 2.60. The van der Waals surface area contributed by atoms with Gasteiger partial charge in [0.05, 0.1) is 24.9 Å². The highest BCUT2D eigenvalue weighted by Gasteiger charge is 2.06. The van der Waals surface area contributed by atoms with Gasteiger partial charge in [0.15, 0.2) is 0 Å². The van der Waals surface area contributed by atoms with Gasteiger partial charge in [0.1, 0.15) is 6.33 Å². The summed E-state index contributed by atoms with van der Waals surface area (Å²) in [7, 11) is 3.16. The van der Waals surface area contributed by atoms with Gasteiger partial charge in [0, 0.05) is 19.0 Å². The number of ether oxygens (including phenoxy) is 1. The largest absolute Gasteiger partial charge is 0.469 e. The van der Waals surface area contributed by atoms with Crippen molar-refractivity contribution in [3.63, 3.8) is 0 Å². The number of nitrogens with zero attached hydrogens (tertiary/aromatic N) is 4. The van der Waals surface area contributed by atoms with Crippen LogP contribution in [0.1, 0.15) is 25.5 Å². The fourth-order valence-corrected chi connectivity index (χ4v) is 1.38. The molecule has 0 amide bonds. The topological polar surface area (TPSA) is 67.7 Å². The molecule has 102 valence electrons. The molecule has 0 unspecified atom stereocenters. The van der Waals surface area contributed by atoms with Crippen LogP contribution in [-0.2, 0) is 9.53 Å². The predicted molar refractivity (Wildman–Crippen MR) is 73.2 cm³/mol.